The molecule has 0 unspecified atom stereocenters. The number of pyridine rings is 1. The molecule has 1 aromatic carbocycles. The van der Waals surface area contributed by atoms with Crippen molar-refractivity contribution in [2.45, 2.75) is 25.4 Å². The molecule has 0 aliphatic carbocycles. The van der Waals surface area contributed by atoms with Crippen molar-refractivity contribution in [3.8, 4) is 5.75 Å². The third kappa shape index (κ3) is 3.46. The van der Waals surface area contributed by atoms with Crippen LogP contribution in [0.2, 0.25) is 0 Å². The van der Waals surface area contributed by atoms with E-state index in [1.54, 1.807) is 6.07 Å². The maximum atomic E-state index is 13.3. The first-order valence-electron chi connectivity index (χ1n) is 6.82. The number of ether oxygens (including phenoxy) is 1. The summed E-state index contributed by atoms with van der Waals surface area (Å²) in [5, 5.41) is 10.2. The number of carbonyl (C=O) groups is 1. The zero-order valence-corrected chi connectivity index (χ0v) is 12.1. The molecule has 0 fully saturated rings. The molecule has 0 aliphatic heterocycles. The molecule has 0 spiro atoms. The highest BCUT2D eigenvalue weighted by Crippen LogP contribution is 2.41. The predicted octanol–water partition coefficient (Wildman–Crippen LogP) is 2.83. The average Bonchev–Trinajstić information content (AvgIpc) is 2.45. The van der Waals surface area contributed by atoms with Gasteiger partial charge in [-0.3, -0.25) is 9.59 Å². The van der Waals surface area contributed by atoms with Crippen LogP contribution in [0.5, 0.6) is 5.75 Å². The zero-order valence-electron chi connectivity index (χ0n) is 12.1. The van der Waals surface area contributed by atoms with Crippen molar-refractivity contribution in [1.82, 2.24) is 4.98 Å². The second kappa shape index (κ2) is 6.31. The lowest BCUT2D eigenvalue weighted by molar-refractivity contribution is -0.166. The molecule has 0 radical (unpaired) electrons. The molecule has 5 nitrogen and oxygen atoms in total. The highest BCUT2D eigenvalue weighted by Gasteiger charge is 2.45. The van der Waals surface area contributed by atoms with Gasteiger partial charge >= 0.3 is 12.1 Å². The first-order chi connectivity index (χ1) is 10.8. The Morgan fingerprint density at radius 2 is 2.00 bits per heavy atom. The topological polar surface area (TPSA) is 79.4 Å². The Bertz CT molecular complexity index is 782. The second-order valence-electron chi connectivity index (χ2n) is 4.87. The first-order valence-corrected chi connectivity index (χ1v) is 6.82. The van der Waals surface area contributed by atoms with E-state index in [-0.39, 0.29) is 17.5 Å². The summed E-state index contributed by atoms with van der Waals surface area (Å²) < 4.78 is 44.4. The number of nitrogens with one attached hydrogen (secondary N) is 1. The highest BCUT2D eigenvalue weighted by atomic mass is 19.4. The second-order valence-corrected chi connectivity index (χ2v) is 4.87. The van der Waals surface area contributed by atoms with E-state index in [0.717, 1.165) is 0 Å². The van der Waals surface area contributed by atoms with Crippen LogP contribution in [-0.4, -0.2) is 28.8 Å². The standard InChI is InChI=1S/C15H14F3NO4/c1-2-23-11(20)7-9(15(16,17)18)12-13(21)8-5-3-4-6-10(8)19-14(12)22/h3-6,9H,2,7H2,1H3,(H2,19,21,22)/t9-/m1/s1. The molecule has 0 saturated carbocycles. The molecule has 2 aromatic rings. The van der Waals surface area contributed by atoms with Gasteiger partial charge in [0.2, 0.25) is 0 Å². The first kappa shape index (κ1) is 16.9. The molecule has 2 N–H and O–H groups in total. The number of alkyl halides is 3. The normalized spacial score (nSPS) is 13.0. The number of aromatic nitrogens is 1. The summed E-state index contributed by atoms with van der Waals surface area (Å²) >= 11 is 0. The lowest BCUT2D eigenvalue weighted by Crippen LogP contribution is -2.30. The van der Waals surface area contributed by atoms with Crippen molar-refractivity contribution in [2.24, 2.45) is 0 Å². The predicted molar refractivity (Wildman–Crippen MR) is 76.3 cm³/mol. The van der Waals surface area contributed by atoms with Gasteiger partial charge in [0.25, 0.3) is 5.56 Å². The number of aromatic hydroxyl groups is 1. The number of benzene rings is 1. The van der Waals surface area contributed by atoms with Crippen molar-refractivity contribution in [2.75, 3.05) is 6.61 Å². The monoisotopic (exact) mass is 329 g/mol. The Morgan fingerprint density at radius 1 is 1.35 bits per heavy atom. The van der Waals surface area contributed by atoms with Gasteiger partial charge in [0, 0.05) is 5.39 Å². The zero-order chi connectivity index (χ0) is 17.2. The molecule has 8 heteroatoms. The molecule has 0 amide bonds. The number of halogens is 3. The lowest BCUT2D eigenvalue weighted by atomic mass is 9.94. The molecule has 1 aromatic heterocycles. The lowest BCUT2D eigenvalue weighted by Gasteiger charge is -2.20. The van der Waals surface area contributed by atoms with Crippen LogP contribution in [0.25, 0.3) is 10.9 Å². The maximum absolute atomic E-state index is 13.3. The van der Waals surface area contributed by atoms with Crippen molar-refractivity contribution >= 4 is 16.9 Å². The minimum Gasteiger partial charge on any atom is -0.507 e. The molecule has 0 saturated heterocycles. The van der Waals surface area contributed by atoms with Crippen LogP contribution in [-0.2, 0) is 9.53 Å². The average molecular weight is 329 g/mol. The Labute approximate surface area is 128 Å². The number of carbonyl (C=O) groups excluding carboxylic acids is 1. The van der Waals surface area contributed by atoms with Gasteiger partial charge in [-0.15, -0.1) is 0 Å². The van der Waals surface area contributed by atoms with Crippen LogP contribution in [0, 0.1) is 0 Å². The van der Waals surface area contributed by atoms with Gasteiger partial charge in [-0.2, -0.15) is 13.2 Å². The number of H-pyrrole nitrogens is 1. The third-order valence-corrected chi connectivity index (χ3v) is 3.35. The van der Waals surface area contributed by atoms with Gasteiger partial charge in [-0.1, -0.05) is 12.1 Å². The van der Waals surface area contributed by atoms with Crippen molar-refractivity contribution < 1.29 is 27.8 Å². The minimum atomic E-state index is -4.89. The third-order valence-electron chi connectivity index (χ3n) is 3.35. The van der Waals surface area contributed by atoms with Crippen LogP contribution in [0.1, 0.15) is 24.8 Å². The molecular formula is C15H14F3NO4. The largest absolute Gasteiger partial charge is 0.507 e. The summed E-state index contributed by atoms with van der Waals surface area (Å²) in [5.74, 6) is -4.33. The number of hydrogen-bond acceptors (Lipinski definition) is 4. The van der Waals surface area contributed by atoms with Crippen LogP contribution in [0.15, 0.2) is 29.1 Å². The highest BCUT2D eigenvalue weighted by molar-refractivity contribution is 5.86. The molecule has 1 atom stereocenters. The SMILES string of the molecule is CCOC(=O)C[C@H](c1c(O)c2ccccc2[nH]c1=O)C(F)(F)F. The van der Waals surface area contributed by atoms with E-state index in [2.05, 4.69) is 9.72 Å². The molecular weight excluding hydrogens is 315 g/mol. The van der Waals surface area contributed by atoms with E-state index >= 15 is 0 Å². The van der Waals surface area contributed by atoms with E-state index in [1.165, 1.54) is 25.1 Å². The number of hydrogen-bond donors (Lipinski definition) is 2. The summed E-state index contributed by atoms with van der Waals surface area (Å²) in [4.78, 5) is 25.7. The summed E-state index contributed by atoms with van der Waals surface area (Å²) in [5.41, 5.74) is -1.77. The van der Waals surface area contributed by atoms with E-state index in [4.69, 9.17) is 0 Å². The van der Waals surface area contributed by atoms with Crippen LogP contribution < -0.4 is 5.56 Å². The number of para-hydroxylation sites is 1. The molecule has 23 heavy (non-hydrogen) atoms. The van der Waals surface area contributed by atoms with Crippen LogP contribution >= 0.6 is 0 Å². The van der Waals surface area contributed by atoms with Gasteiger partial charge in [0.15, 0.2) is 0 Å². The molecule has 2 rings (SSSR count). The van der Waals surface area contributed by atoms with E-state index in [1.807, 2.05) is 0 Å². The number of aromatic amines is 1. The maximum Gasteiger partial charge on any atom is 0.396 e. The minimum absolute atomic E-state index is 0.0696. The summed E-state index contributed by atoms with van der Waals surface area (Å²) in [6, 6.07) is 5.91. The Balaban J connectivity index is 2.61. The van der Waals surface area contributed by atoms with E-state index in [0.29, 0.717) is 0 Å². The fourth-order valence-electron chi connectivity index (χ4n) is 2.33. The Hall–Kier alpha value is -2.51. The van der Waals surface area contributed by atoms with Gasteiger partial charge in [0.05, 0.1) is 30.0 Å². The van der Waals surface area contributed by atoms with Gasteiger partial charge in [-0.25, -0.2) is 0 Å². The number of fused-ring (bicyclic) bond motifs is 1. The fourth-order valence-corrected chi connectivity index (χ4v) is 2.33. The number of esters is 1. The molecule has 0 aliphatic rings. The summed E-state index contributed by atoms with van der Waals surface area (Å²) in [6.45, 7) is 1.38. The van der Waals surface area contributed by atoms with Gasteiger partial charge < -0.3 is 14.8 Å². The quantitative estimate of drug-likeness (QED) is 0.846. The smallest absolute Gasteiger partial charge is 0.396 e. The van der Waals surface area contributed by atoms with Crippen molar-refractivity contribution in [1.29, 1.82) is 0 Å². The van der Waals surface area contributed by atoms with Crippen molar-refractivity contribution in [3.05, 3.63) is 40.2 Å². The van der Waals surface area contributed by atoms with Crippen molar-refractivity contribution in [3.63, 3.8) is 0 Å². The fraction of sp³-hybridized carbons (Fsp3) is 0.333. The molecule has 1 heterocycles. The Morgan fingerprint density at radius 3 is 2.61 bits per heavy atom. The van der Waals surface area contributed by atoms with Crippen LogP contribution in [0.3, 0.4) is 0 Å². The Kier molecular flexibility index (Phi) is 4.63. The summed E-state index contributed by atoms with van der Waals surface area (Å²) in [7, 11) is 0. The van der Waals surface area contributed by atoms with E-state index < -0.39 is 41.4 Å². The molecule has 124 valence electrons. The van der Waals surface area contributed by atoms with Gasteiger partial charge in [-0.05, 0) is 19.1 Å². The molecule has 0 bridgehead atoms. The summed E-state index contributed by atoms with van der Waals surface area (Å²) in [6.07, 6.45) is -5.97. The number of rotatable bonds is 4. The van der Waals surface area contributed by atoms with Crippen LogP contribution in [0.4, 0.5) is 13.2 Å². The van der Waals surface area contributed by atoms with E-state index in [9.17, 15) is 27.9 Å². The van der Waals surface area contributed by atoms with Gasteiger partial charge in [0.1, 0.15) is 5.75 Å².